The van der Waals surface area contributed by atoms with E-state index >= 15 is 0 Å². The Hall–Kier alpha value is -1.95. The summed E-state index contributed by atoms with van der Waals surface area (Å²) in [5, 5.41) is 14.4. The van der Waals surface area contributed by atoms with Crippen LogP contribution in [-0.4, -0.2) is 28.0 Å². The van der Waals surface area contributed by atoms with Crippen LogP contribution in [0, 0.1) is 12.8 Å². The molecule has 0 radical (unpaired) electrons. The lowest BCUT2D eigenvalue weighted by Gasteiger charge is -2.09. The van der Waals surface area contributed by atoms with Gasteiger partial charge in [0.05, 0.1) is 16.6 Å². The van der Waals surface area contributed by atoms with Crippen molar-refractivity contribution in [1.82, 2.24) is 10.3 Å². The molecule has 1 aromatic rings. The second-order valence-corrected chi connectivity index (χ2v) is 5.37. The summed E-state index contributed by atoms with van der Waals surface area (Å²) in [7, 11) is 0. The Morgan fingerprint density at radius 1 is 1.53 bits per heavy atom. The predicted octanol–water partition coefficient (Wildman–Crippen LogP) is 1.61. The summed E-state index contributed by atoms with van der Waals surface area (Å²) < 4.78 is 0. The number of thiazole rings is 1. The smallest absolute Gasteiger partial charge is 0.310 e. The highest BCUT2D eigenvalue weighted by molar-refractivity contribution is 7.09. The molecule has 0 aromatic carbocycles. The molecular formula is C13H14N2O3S. The minimum Gasteiger partial charge on any atom is -0.481 e. The van der Waals surface area contributed by atoms with Crippen molar-refractivity contribution in [3.63, 3.8) is 0 Å². The first-order chi connectivity index (χ1) is 9.04. The number of carbonyl (C=O) groups is 2. The second-order valence-electron chi connectivity index (χ2n) is 4.31. The number of aromatic nitrogens is 1. The fourth-order valence-corrected chi connectivity index (χ4v) is 2.42. The molecule has 0 aliphatic heterocycles. The number of carboxylic acids is 1. The van der Waals surface area contributed by atoms with Crippen molar-refractivity contribution in [2.75, 3.05) is 0 Å². The number of carboxylic acid groups (broad SMARTS) is 1. The first kappa shape index (κ1) is 13.5. The summed E-state index contributed by atoms with van der Waals surface area (Å²) in [5.74, 6) is -1.61. The number of aryl methyl sites for hydroxylation is 1. The Bertz CT molecular complexity index is 548. The highest BCUT2D eigenvalue weighted by atomic mass is 32.1. The number of aliphatic carboxylic acids is 1. The third-order valence-electron chi connectivity index (χ3n) is 2.77. The molecule has 19 heavy (non-hydrogen) atoms. The summed E-state index contributed by atoms with van der Waals surface area (Å²) in [6.07, 6.45) is 6.80. The van der Waals surface area contributed by atoms with Crippen molar-refractivity contribution in [1.29, 1.82) is 0 Å². The molecule has 100 valence electrons. The largest absolute Gasteiger partial charge is 0.481 e. The van der Waals surface area contributed by atoms with E-state index < -0.39 is 11.9 Å². The third kappa shape index (κ3) is 3.75. The van der Waals surface area contributed by atoms with E-state index in [0.29, 0.717) is 6.42 Å². The van der Waals surface area contributed by atoms with E-state index in [4.69, 9.17) is 5.11 Å². The Balaban J connectivity index is 1.84. The molecule has 1 aromatic heterocycles. The van der Waals surface area contributed by atoms with Crippen molar-refractivity contribution in [2.45, 2.75) is 19.4 Å². The first-order valence-corrected chi connectivity index (χ1v) is 6.74. The molecule has 6 heteroatoms. The van der Waals surface area contributed by atoms with E-state index in [1.165, 1.54) is 17.4 Å². The minimum absolute atomic E-state index is 0.213. The van der Waals surface area contributed by atoms with Gasteiger partial charge in [0.2, 0.25) is 5.91 Å². The quantitative estimate of drug-likeness (QED) is 0.648. The van der Waals surface area contributed by atoms with Crippen LogP contribution in [0.2, 0.25) is 0 Å². The van der Waals surface area contributed by atoms with Gasteiger partial charge in [0.15, 0.2) is 0 Å². The Morgan fingerprint density at radius 2 is 2.32 bits per heavy atom. The van der Waals surface area contributed by atoms with E-state index in [9.17, 15) is 9.59 Å². The molecule has 5 nitrogen and oxygen atoms in total. The predicted molar refractivity (Wildman–Crippen MR) is 72.7 cm³/mol. The van der Waals surface area contributed by atoms with Crippen molar-refractivity contribution in [3.8, 4) is 0 Å². The monoisotopic (exact) mass is 278 g/mol. The first-order valence-electron chi connectivity index (χ1n) is 5.86. The molecule has 1 aliphatic carbocycles. The van der Waals surface area contributed by atoms with Gasteiger partial charge < -0.3 is 10.4 Å². The molecule has 2 rings (SSSR count). The van der Waals surface area contributed by atoms with Crippen LogP contribution in [0.1, 0.15) is 17.1 Å². The zero-order valence-corrected chi connectivity index (χ0v) is 11.2. The van der Waals surface area contributed by atoms with Gasteiger partial charge in [-0.15, -0.1) is 11.3 Å². The number of carbonyl (C=O) groups excluding carboxylic acids is 1. The molecule has 1 aliphatic rings. The van der Waals surface area contributed by atoms with E-state index in [1.54, 1.807) is 18.2 Å². The highest BCUT2D eigenvalue weighted by Crippen LogP contribution is 2.17. The van der Waals surface area contributed by atoms with Crippen LogP contribution in [0.25, 0.3) is 6.08 Å². The molecule has 0 fully saturated rings. The normalized spacial score (nSPS) is 21.9. The van der Waals surface area contributed by atoms with Gasteiger partial charge in [0, 0.05) is 17.5 Å². The number of nitrogens with zero attached hydrogens (tertiary/aromatic N) is 1. The average Bonchev–Trinajstić information content (AvgIpc) is 2.96. The maximum absolute atomic E-state index is 11.7. The van der Waals surface area contributed by atoms with Crippen LogP contribution in [0.4, 0.5) is 0 Å². The van der Waals surface area contributed by atoms with Crippen LogP contribution in [0.5, 0.6) is 0 Å². The zero-order chi connectivity index (χ0) is 13.8. The molecule has 2 atom stereocenters. The van der Waals surface area contributed by atoms with Gasteiger partial charge in [0.25, 0.3) is 0 Å². The SMILES string of the molecule is Cc1nc(C=CC(=O)NC2C=CC(C(=O)O)C2)cs1. The van der Waals surface area contributed by atoms with Gasteiger partial charge in [0.1, 0.15) is 0 Å². The maximum atomic E-state index is 11.7. The van der Waals surface area contributed by atoms with Crippen molar-refractivity contribution in [3.05, 3.63) is 34.3 Å². The molecule has 2 unspecified atom stereocenters. The third-order valence-corrected chi connectivity index (χ3v) is 3.56. The standard InChI is InChI=1S/C13H14N2O3S/c1-8-14-11(7-19-8)4-5-12(16)15-10-3-2-9(6-10)13(17)18/h2-5,7,9-10H,6H2,1H3,(H,15,16)(H,17,18). The number of amides is 1. The molecular weight excluding hydrogens is 264 g/mol. The number of rotatable bonds is 4. The van der Waals surface area contributed by atoms with Crippen LogP contribution >= 0.6 is 11.3 Å². The van der Waals surface area contributed by atoms with Crippen molar-refractivity contribution < 1.29 is 14.7 Å². The lowest BCUT2D eigenvalue weighted by molar-refractivity contribution is -0.140. The zero-order valence-electron chi connectivity index (χ0n) is 10.4. The van der Waals surface area contributed by atoms with Gasteiger partial charge in [-0.2, -0.15) is 0 Å². The minimum atomic E-state index is -0.860. The van der Waals surface area contributed by atoms with E-state index in [-0.39, 0.29) is 11.9 Å². The van der Waals surface area contributed by atoms with Crippen LogP contribution in [-0.2, 0) is 9.59 Å². The maximum Gasteiger partial charge on any atom is 0.310 e. The summed E-state index contributed by atoms with van der Waals surface area (Å²) in [6, 6.07) is -0.213. The fourth-order valence-electron chi connectivity index (χ4n) is 1.84. The summed E-state index contributed by atoms with van der Waals surface area (Å²) >= 11 is 1.52. The molecule has 0 bridgehead atoms. The molecule has 1 amide bonds. The second kappa shape index (κ2) is 5.79. The molecule has 1 heterocycles. The van der Waals surface area contributed by atoms with Gasteiger partial charge in [-0.05, 0) is 19.4 Å². The van der Waals surface area contributed by atoms with Gasteiger partial charge in [-0.3, -0.25) is 9.59 Å². The van der Waals surface area contributed by atoms with Gasteiger partial charge >= 0.3 is 5.97 Å². The van der Waals surface area contributed by atoms with Crippen molar-refractivity contribution >= 4 is 29.3 Å². The Kier molecular flexibility index (Phi) is 4.11. The lowest BCUT2D eigenvalue weighted by Crippen LogP contribution is -2.31. The summed E-state index contributed by atoms with van der Waals surface area (Å²) in [6.45, 7) is 1.90. The van der Waals surface area contributed by atoms with Crippen molar-refractivity contribution in [2.24, 2.45) is 5.92 Å². The molecule has 0 saturated carbocycles. The highest BCUT2D eigenvalue weighted by Gasteiger charge is 2.24. The number of hydrogen-bond donors (Lipinski definition) is 2. The Labute approximate surface area is 114 Å². The van der Waals surface area contributed by atoms with Gasteiger partial charge in [-0.1, -0.05) is 12.2 Å². The van der Waals surface area contributed by atoms with Crippen LogP contribution in [0.15, 0.2) is 23.6 Å². The number of nitrogens with one attached hydrogen (secondary N) is 1. The van der Waals surface area contributed by atoms with E-state index in [1.807, 2.05) is 12.3 Å². The van der Waals surface area contributed by atoms with Crippen LogP contribution < -0.4 is 5.32 Å². The number of hydrogen-bond acceptors (Lipinski definition) is 4. The lowest BCUT2D eigenvalue weighted by atomic mass is 10.1. The van der Waals surface area contributed by atoms with E-state index in [0.717, 1.165) is 10.7 Å². The average molecular weight is 278 g/mol. The van der Waals surface area contributed by atoms with E-state index in [2.05, 4.69) is 10.3 Å². The molecule has 0 saturated heterocycles. The molecule has 2 N–H and O–H groups in total. The summed E-state index contributed by atoms with van der Waals surface area (Å²) in [5.41, 5.74) is 0.753. The van der Waals surface area contributed by atoms with Gasteiger partial charge in [-0.25, -0.2) is 4.98 Å². The Morgan fingerprint density at radius 3 is 2.89 bits per heavy atom. The van der Waals surface area contributed by atoms with Crippen LogP contribution in [0.3, 0.4) is 0 Å². The fraction of sp³-hybridized carbons (Fsp3) is 0.308. The summed E-state index contributed by atoms with van der Waals surface area (Å²) in [4.78, 5) is 26.6. The molecule has 0 spiro atoms. The topological polar surface area (TPSA) is 79.3 Å².